The van der Waals surface area contributed by atoms with Gasteiger partial charge in [-0.1, -0.05) is 32.0 Å². The molecule has 1 aliphatic carbocycles. The van der Waals surface area contributed by atoms with E-state index < -0.39 is 17.3 Å². The molecule has 160 valence electrons. The zero-order valence-electron chi connectivity index (χ0n) is 17.5. The monoisotopic (exact) mass is 421 g/mol. The van der Waals surface area contributed by atoms with E-state index in [0.717, 1.165) is 0 Å². The molecule has 1 amide bonds. The van der Waals surface area contributed by atoms with Crippen LogP contribution in [0.1, 0.15) is 60.1 Å². The van der Waals surface area contributed by atoms with Crippen LogP contribution in [0.3, 0.4) is 0 Å². The van der Waals surface area contributed by atoms with E-state index in [9.17, 15) is 24.3 Å². The third-order valence-electron chi connectivity index (χ3n) is 4.94. The van der Waals surface area contributed by atoms with E-state index in [1.54, 1.807) is 30.3 Å². The van der Waals surface area contributed by atoms with Crippen molar-refractivity contribution in [3.05, 3.63) is 81.1 Å². The zero-order valence-corrected chi connectivity index (χ0v) is 17.5. The van der Waals surface area contributed by atoms with Gasteiger partial charge in [0.1, 0.15) is 17.2 Å². The summed E-state index contributed by atoms with van der Waals surface area (Å²) in [6.07, 6.45) is 3.26. The van der Waals surface area contributed by atoms with E-state index in [2.05, 4.69) is 5.32 Å². The molecule has 1 aromatic heterocycles. The molecule has 0 atom stereocenters. The number of benzene rings is 1. The van der Waals surface area contributed by atoms with Crippen molar-refractivity contribution in [1.29, 1.82) is 0 Å². The average Bonchev–Trinajstić information content (AvgIpc) is 2.68. The maximum Gasteiger partial charge on any atom is 0.360 e. The SMILES string of the molecule is CC(=O)c1cc(NC(=O)c2ccccc2)c(=O)oc1/C=C/C1=C(O)CC(C)(C)CC1=O. The Kier molecular flexibility index (Phi) is 6.06. The van der Waals surface area contributed by atoms with Gasteiger partial charge in [-0.05, 0) is 42.7 Å². The largest absolute Gasteiger partial charge is 0.512 e. The lowest BCUT2D eigenvalue weighted by Gasteiger charge is -2.28. The second-order valence-corrected chi connectivity index (χ2v) is 8.24. The molecule has 0 spiro atoms. The third-order valence-corrected chi connectivity index (χ3v) is 4.94. The Morgan fingerprint density at radius 2 is 1.77 bits per heavy atom. The van der Waals surface area contributed by atoms with Crippen molar-refractivity contribution >= 4 is 29.2 Å². The van der Waals surface area contributed by atoms with Crippen LogP contribution in [0.2, 0.25) is 0 Å². The normalized spacial score (nSPS) is 15.9. The van der Waals surface area contributed by atoms with E-state index in [1.807, 2.05) is 13.8 Å². The smallest absolute Gasteiger partial charge is 0.360 e. The Labute approximate surface area is 179 Å². The van der Waals surface area contributed by atoms with Gasteiger partial charge in [0.2, 0.25) is 0 Å². The molecule has 0 bridgehead atoms. The quantitative estimate of drug-likeness (QED) is 0.696. The number of carbonyl (C=O) groups excluding carboxylic acids is 3. The van der Waals surface area contributed by atoms with Crippen molar-refractivity contribution in [1.82, 2.24) is 0 Å². The predicted molar refractivity (Wildman–Crippen MR) is 116 cm³/mol. The van der Waals surface area contributed by atoms with E-state index in [1.165, 1.54) is 25.1 Å². The fraction of sp³-hybridized carbons (Fsp3) is 0.250. The molecular formula is C24H23NO6. The summed E-state index contributed by atoms with van der Waals surface area (Å²) in [5.74, 6) is -1.25. The third kappa shape index (κ3) is 5.06. The van der Waals surface area contributed by atoms with Crippen LogP contribution in [-0.4, -0.2) is 22.6 Å². The van der Waals surface area contributed by atoms with Crippen molar-refractivity contribution in [2.45, 2.75) is 33.6 Å². The first-order valence-corrected chi connectivity index (χ1v) is 9.76. The highest BCUT2D eigenvalue weighted by Crippen LogP contribution is 2.36. The van der Waals surface area contributed by atoms with Gasteiger partial charge in [-0.25, -0.2) is 4.79 Å². The van der Waals surface area contributed by atoms with E-state index >= 15 is 0 Å². The molecule has 1 heterocycles. The number of hydrogen-bond donors (Lipinski definition) is 2. The Morgan fingerprint density at radius 1 is 1.10 bits per heavy atom. The lowest BCUT2D eigenvalue weighted by molar-refractivity contribution is -0.118. The first-order chi connectivity index (χ1) is 14.6. The summed E-state index contributed by atoms with van der Waals surface area (Å²) in [6.45, 7) is 5.06. The minimum Gasteiger partial charge on any atom is -0.512 e. The van der Waals surface area contributed by atoms with E-state index in [-0.39, 0.29) is 46.0 Å². The van der Waals surface area contributed by atoms with Gasteiger partial charge in [-0.2, -0.15) is 0 Å². The molecule has 0 saturated heterocycles. The summed E-state index contributed by atoms with van der Waals surface area (Å²) in [5, 5.41) is 12.7. The molecule has 0 fully saturated rings. The maximum absolute atomic E-state index is 12.4. The van der Waals surface area contributed by atoms with Crippen molar-refractivity contribution in [3.63, 3.8) is 0 Å². The highest BCUT2D eigenvalue weighted by molar-refractivity contribution is 6.05. The summed E-state index contributed by atoms with van der Waals surface area (Å²) < 4.78 is 5.25. The van der Waals surface area contributed by atoms with E-state index in [4.69, 9.17) is 4.42 Å². The molecule has 2 aromatic rings. The number of amides is 1. The average molecular weight is 421 g/mol. The summed E-state index contributed by atoms with van der Waals surface area (Å²) >= 11 is 0. The Morgan fingerprint density at radius 3 is 2.39 bits per heavy atom. The molecule has 2 N–H and O–H groups in total. The lowest BCUT2D eigenvalue weighted by atomic mass is 9.76. The Hall–Kier alpha value is -3.74. The second kappa shape index (κ2) is 8.55. The number of hydrogen-bond acceptors (Lipinski definition) is 6. The number of anilines is 1. The minimum absolute atomic E-state index is 0.0454. The van der Waals surface area contributed by atoms with Crippen molar-refractivity contribution in [3.8, 4) is 0 Å². The standard InChI is InChI=1S/C24H23NO6/c1-14(26)17-11-18(25-22(29)15-7-5-4-6-8-15)23(30)31-21(17)10-9-16-19(27)12-24(2,3)13-20(16)28/h4-11,27H,12-13H2,1-3H3,(H,25,29)/b10-9+. The van der Waals surface area contributed by atoms with Gasteiger partial charge in [0.05, 0.1) is 11.1 Å². The Bertz CT molecular complexity index is 1170. The van der Waals surface area contributed by atoms with Gasteiger partial charge in [0.25, 0.3) is 5.91 Å². The molecule has 7 heteroatoms. The molecule has 1 aromatic carbocycles. The van der Waals surface area contributed by atoms with Crippen LogP contribution < -0.4 is 10.9 Å². The molecule has 0 aliphatic heterocycles. The topological polar surface area (TPSA) is 114 Å². The van der Waals surface area contributed by atoms with Crippen LogP contribution in [0.4, 0.5) is 5.69 Å². The number of aliphatic hydroxyl groups excluding tert-OH is 1. The number of Topliss-reactive ketones (excluding diaryl/α,β-unsaturated/α-hetero) is 2. The highest BCUT2D eigenvalue weighted by Gasteiger charge is 2.32. The van der Waals surface area contributed by atoms with Gasteiger partial charge in [0.15, 0.2) is 11.6 Å². The van der Waals surface area contributed by atoms with Crippen LogP contribution in [0, 0.1) is 5.41 Å². The van der Waals surface area contributed by atoms with Gasteiger partial charge < -0.3 is 14.8 Å². The van der Waals surface area contributed by atoms with Crippen LogP contribution in [-0.2, 0) is 4.79 Å². The van der Waals surface area contributed by atoms with Gasteiger partial charge in [0, 0.05) is 18.4 Å². The first-order valence-electron chi connectivity index (χ1n) is 9.76. The summed E-state index contributed by atoms with van der Waals surface area (Å²) in [5.41, 5.74) is -0.831. The summed E-state index contributed by atoms with van der Waals surface area (Å²) in [6, 6.07) is 9.54. The lowest BCUT2D eigenvalue weighted by Crippen LogP contribution is -2.25. The predicted octanol–water partition coefficient (Wildman–Crippen LogP) is 4.31. The van der Waals surface area contributed by atoms with Crippen LogP contribution in [0.15, 0.2) is 63.0 Å². The van der Waals surface area contributed by atoms with Crippen LogP contribution in [0.5, 0.6) is 0 Å². The summed E-state index contributed by atoms with van der Waals surface area (Å²) in [7, 11) is 0. The Balaban J connectivity index is 1.94. The number of ketones is 2. The van der Waals surface area contributed by atoms with Gasteiger partial charge in [-0.15, -0.1) is 0 Å². The fourth-order valence-corrected chi connectivity index (χ4v) is 3.40. The second-order valence-electron chi connectivity index (χ2n) is 8.24. The molecule has 31 heavy (non-hydrogen) atoms. The molecule has 1 aliphatic rings. The van der Waals surface area contributed by atoms with Crippen molar-refractivity contribution < 1.29 is 23.9 Å². The van der Waals surface area contributed by atoms with Crippen LogP contribution >= 0.6 is 0 Å². The molecule has 0 saturated carbocycles. The van der Waals surface area contributed by atoms with Gasteiger partial charge in [-0.3, -0.25) is 14.4 Å². The summed E-state index contributed by atoms with van der Waals surface area (Å²) in [4.78, 5) is 49.2. The van der Waals surface area contributed by atoms with Crippen molar-refractivity contribution in [2.24, 2.45) is 5.41 Å². The number of aliphatic hydroxyl groups is 1. The number of rotatable bonds is 5. The fourth-order valence-electron chi connectivity index (χ4n) is 3.40. The molecule has 7 nitrogen and oxygen atoms in total. The number of nitrogens with one attached hydrogen (secondary N) is 1. The van der Waals surface area contributed by atoms with Crippen LogP contribution in [0.25, 0.3) is 6.08 Å². The zero-order chi connectivity index (χ0) is 22.8. The number of carbonyl (C=O) groups is 3. The molecule has 0 unspecified atom stereocenters. The highest BCUT2D eigenvalue weighted by atomic mass is 16.4. The maximum atomic E-state index is 12.4. The molecular weight excluding hydrogens is 398 g/mol. The molecule has 0 radical (unpaired) electrons. The first kappa shape index (κ1) is 22.0. The van der Waals surface area contributed by atoms with E-state index in [0.29, 0.717) is 12.0 Å². The molecule has 3 rings (SSSR count). The van der Waals surface area contributed by atoms with Crippen molar-refractivity contribution in [2.75, 3.05) is 5.32 Å². The van der Waals surface area contributed by atoms with Gasteiger partial charge >= 0.3 is 5.63 Å². The number of allylic oxidation sites excluding steroid dienone is 3. The minimum atomic E-state index is -0.844.